The fraction of sp³-hybridized carbons (Fsp3) is 0.304. The van der Waals surface area contributed by atoms with Gasteiger partial charge in [0.2, 0.25) is 0 Å². The Labute approximate surface area is 181 Å². The van der Waals surface area contributed by atoms with Crippen LogP contribution in [0, 0.1) is 0 Å². The Kier molecular flexibility index (Phi) is 6.47. The van der Waals surface area contributed by atoms with E-state index in [0.29, 0.717) is 22.8 Å². The standard InChI is InChI=1S/C23H25ClN4O2/c1-17(27-11-13-30-14-12-27)15-25-23(29)21-16-28(20-5-3-2-4-6-20)26-22(21)18-7-9-19(24)10-8-18/h2-10,16-17H,11-15H2,1H3,(H,25,29). The van der Waals surface area contributed by atoms with E-state index in [2.05, 4.69) is 17.1 Å². The zero-order chi connectivity index (χ0) is 20.9. The van der Waals surface area contributed by atoms with E-state index in [9.17, 15) is 4.79 Å². The molecule has 1 unspecified atom stereocenters. The molecule has 1 aromatic heterocycles. The number of nitrogens with zero attached hydrogens (tertiary/aromatic N) is 3. The fourth-order valence-corrected chi connectivity index (χ4v) is 3.68. The van der Waals surface area contributed by atoms with E-state index >= 15 is 0 Å². The molecule has 2 aromatic carbocycles. The molecule has 1 fully saturated rings. The van der Waals surface area contributed by atoms with Crippen LogP contribution in [0.25, 0.3) is 16.9 Å². The third-order valence-electron chi connectivity index (χ3n) is 5.32. The van der Waals surface area contributed by atoms with Crippen molar-refractivity contribution in [2.24, 2.45) is 0 Å². The van der Waals surface area contributed by atoms with Crippen LogP contribution >= 0.6 is 11.6 Å². The second-order valence-electron chi connectivity index (χ2n) is 7.39. The number of ether oxygens (including phenoxy) is 1. The molecule has 0 bridgehead atoms. The molecule has 1 N–H and O–H groups in total. The van der Waals surface area contributed by atoms with Crippen LogP contribution in [0.1, 0.15) is 17.3 Å². The van der Waals surface area contributed by atoms with E-state index in [1.165, 1.54) is 0 Å². The highest BCUT2D eigenvalue weighted by Gasteiger charge is 2.21. The second kappa shape index (κ2) is 9.43. The number of hydrogen-bond acceptors (Lipinski definition) is 4. The first-order chi connectivity index (χ1) is 14.6. The minimum atomic E-state index is -0.137. The molecule has 0 radical (unpaired) electrons. The van der Waals surface area contributed by atoms with Crippen LogP contribution < -0.4 is 5.32 Å². The molecule has 7 heteroatoms. The van der Waals surface area contributed by atoms with Crippen LogP contribution in [0.2, 0.25) is 5.02 Å². The van der Waals surface area contributed by atoms with Crippen molar-refractivity contribution in [1.29, 1.82) is 0 Å². The van der Waals surface area contributed by atoms with Crippen LogP contribution in [0.15, 0.2) is 60.8 Å². The molecular weight excluding hydrogens is 400 g/mol. The summed E-state index contributed by atoms with van der Waals surface area (Å²) in [5.41, 5.74) is 2.91. The fourth-order valence-electron chi connectivity index (χ4n) is 3.56. The average molecular weight is 425 g/mol. The zero-order valence-corrected chi connectivity index (χ0v) is 17.7. The Morgan fingerprint density at radius 1 is 1.13 bits per heavy atom. The summed E-state index contributed by atoms with van der Waals surface area (Å²) in [7, 11) is 0. The zero-order valence-electron chi connectivity index (χ0n) is 16.9. The summed E-state index contributed by atoms with van der Waals surface area (Å²) in [6.45, 7) is 5.94. The lowest BCUT2D eigenvalue weighted by atomic mass is 10.1. The van der Waals surface area contributed by atoms with Gasteiger partial charge >= 0.3 is 0 Å². The van der Waals surface area contributed by atoms with Gasteiger partial charge in [0.25, 0.3) is 5.91 Å². The Morgan fingerprint density at radius 2 is 1.83 bits per heavy atom. The lowest BCUT2D eigenvalue weighted by Crippen LogP contribution is -2.47. The van der Waals surface area contributed by atoms with E-state index in [1.807, 2.05) is 42.5 Å². The number of aromatic nitrogens is 2. The molecule has 0 spiro atoms. The first-order valence-electron chi connectivity index (χ1n) is 10.1. The molecule has 1 aliphatic rings. The second-order valence-corrected chi connectivity index (χ2v) is 7.82. The van der Waals surface area contributed by atoms with Gasteiger partial charge in [-0.1, -0.05) is 41.9 Å². The van der Waals surface area contributed by atoms with E-state index in [0.717, 1.165) is 37.6 Å². The predicted molar refractivity (Wildman–Crippen MR) is 118 cm³/mol. The highest BCUT2D eigenvalue weighted by Crippen LogP contribution is 2.25. The summed E-state index contributed by atoms with van der Waals surface area (Å²) in [6, 6.07) is 17.4. The normalized spacial score (nSPS) is 15.7. The highest BCUT2D eigenvalue weighted by atomic mass is 35.5. The first-order valence-corrected chi connectivity index (χ1v) is 10.5. The predicted octanol–water partition coefficient (Wildman–Crippen LogP) is 3.64. The van der Waals surface area contributed by atoms with Crippen LogP contribution in [0.3, 0.4) is 0 Å². The van der Waals surface area contributed by atoms with Gasteiger partial charge in [-0.25, -0.2) is 4.68 Å². The molecular formula is C23H25ClN4O2. The highest BCUT2D eigenvalue weighted by molar-refractivity contribution is 6.30. The van der Waals surface area contributed by atoms with Gasteiger partial charge in [0.05, 0.1) is 24.5 Å². The van der Waals surface area contributed by atoms with Crippen LogP contribution in [-0.4, -0.2) is 59.5 Å². The van der Waals surface area contributed by atoms with Gasteiger partial charge < -0.3 is 10.1 Å². The van der Waals surface area contributed by atoms with Gasteiger partial charge in [-0.3, -0.25) is 9.69 Å². The molecule has 2 heterocycles. The van der Waals surface area contributed by atoms with Crippen LogP contribution in [0.5, 0.6) is 0 Å². The van der Waals surface area contributed by atoms with Gasteiger partial charge in [-0.2, -0.15) is 5.10 Å². The maximum atomic E-state index is 13.1. The van der Waals surface area contributed by atoms with Crippen molar-refractivity contribution in [3.8, 4) is 16.9 Å². The molecule has 1 saturated heterocycles. The topological polar surface area (TPSA) is 59.4 Å². The molecule has 0 aliphatic carbocycles. The number of nitrogens with one attached hydrogen (secondary N) is 1. The maximum absolute atomic E-state index is 13.1. The van der Waals surface area contributed by atoms with Crippen molar-refractivity contribution in [2.45, 2.75) is 13.0 Å². The molecule has 4 rings (SSSR count). The number of hydrogen-bond donors (Lipinski definition) is 1. The maximum Gasteiger partial charge on any atom is 0.255 e. The average Bonchev–Trinajstić information content (AvgIpc) is 3.24. The summed E-state index contributed by atoms with van der Waals surface area (Å²) in [5, 5.41) is 8.43. The van der Waals surface area contributed by atoms with Gasteiger partial charge in [-0.05, 0) is 31.2 Å². The largest absolute Gasteiger partial charge is 0.379 e. The third-order valence-corrected chi connectivity index (χ3v) is 5.58. The van der Waals surface area contributed by atoms with Gasteiger partial charge in [-0.15, -0.1) is 0 Å². The molecule has 30 heavy (non-hydrogen) atoms. The third kappa shape index (κ3) is 4.73. The SMILES string of the molecule is CC(CNC(=O)c1cn(-c2ccccc2)nc1-c1ccc(Cl)cc1)N1CCOCC1. The van der Waals surface area contributed by atoms with Crippen LogP contribution in [0.4, 0.5) is 0 Å². The van der Waals surface area contributed by atoms with E-state index < -0.39 is 0 Å². The molecule has 0 saturated carbocycles. The number of para-hydroxylation sites is 1. The lowest BCUT2D eigenvalue weighted by molar-refractivity contribution is 0.0204. The quantitative estimate of drug-likeness (QED) is 0.656. The number of halogens is 1. The molecule has 3 aromatic rings. The van der Waals surface area contributed by atoms with Crippen molar-refractivity contribution in [1.82, 2.24) is 20.0 Å². The van der Waals surface area contributed by atoms with Crippen molar-refractivity contribution >= 4 is 17.5 Å². The summed E-state index contributed by atoms with van der Waals surface area (Å²) < 4.78 is 7.15. The minimum Gasteiger partial charge on any atom is -0.379 e. The van der Waals surface area contributed by atoms with Gasteiger partial charge in [0, 0.05) is 42.5 Å². The molecule has 6 nitrogen and oxygen atoms in total. The molecule has 156 valence electrons. The van der Waals surface area contributed by atoms with Crippen molar-refractivity contribution in [3.63, 3.8) is 0 Å². The number of amides is 1. The molecule has 1 aliphatic heterocycles. The smallest absolute Gasteiger partial charge is 0.255 e. The van der Waals surface area contributed by atoms with E-state index in [4.69, 9.17) is 21.4 Å². The number of rotatable bonds is 6. The minimum absolute atomic E-state index is 0.137. The van der Waals surface area contributed by atoms with Gasteiger partial charge in [0.1, 0.15) is 5.69 Å². The summed E-state index contributed by atoms with van der Waals surface area (Å²) in [5.74, 6) is -0.137. The summed E-state index contributed by atoms with van der Waals surface area (Å²) >= 11 is 6.04. The molecule has 1 amide bonds. The Bertz CT molecular complexity index is 982. The Balaban J connectivity index is 1.57. The monoisotopic (exact) mass is 424 g/mol. The van der Waals surface area contributed by atoms with Crippen LogP contribution in [-0.2, 0) is 4.74 Å². The van der Waals surface area contributed by atoms with Gasteiger partial charge in [0.15, 0.2) is 0 Å². The first kappa shape index (κ1) is 20.6. The van der Waals surface area contributed by atoms with Crippen molar-refractivity contribution in [3.05, 3.63) is 71.4 Å². The van der Waals surface area contributed by atoms with E-state index in [-0.39, 0.29) is 11.9 Å². The molecule has 1 atom stereocenters. The number of benzene rings is 2. The summed E-state index contributed by atoms with van der Waals surface area (Å²) in [4.78, 5) is 15.4. The Hall–Kier alpha value is -2.67. The number of carbonyl (C=O) groups excluding carboxylic acids is 1. The summed E-state index contributed by atoms with van der Waals surface area (Å²) in [6.07, 6.45) is 1.79. The van der Waals surface area contributed by atoms with Crippen molar-refractivity contribution < 1.29 is 9.53 Å². The number of morpholine rings is 1. The van der Waals surface area contributed by atoms with E-state index in [1.54, 1.807) is 23.0 Å². The lowest BCUT2D eigenvalue weighted by Gasteiger charge is -2.32. The van der Waals surface area contributed by atoms with Crippen molar-refractivity contribution in [2.75, 3.05) is 32.8 Å². The number of carbonyl (C=O) groups is 1. The Morgan fingerprint density at radius 3 is 2.53 bits per heavy atom.